The molecule has 5 heteroatoms. The molecule has 0 aliphatic carbocycles. The number of hydrogen-bond acceptors (Lipinski definition) is 2. The van der Waals surface area contributed by atoms with Crippen molar-refractivity contribution in [2.75, 3.05) is 11.9 Å². The molecule has 0 atom stereocenters. The Morgan fingerprint density at radius 3 is 2.94 bits per heavy atom. The van der Waals surface area contributed by atoms with E-state index in [9.17, 15) is 4.39 Å². The van der Waals surface area contributed by atoms with Crippen LogP contribution >= 0.6 is 15.9 Å². The van der Waals surface area contributed by atoms with Crippen molar-refractivity contribution in [2.45, 2.75) is 20.3 Å². The molecule has 1 aromatic carbocycles. The van der Waals surface area contributed by atoms with E-state index in [0.29, 0.717) is 4.47 Å². The Balaban J connectivity index is 2.42. The van der Waals surface area contributed by atoms with Crippen LogP contribution in [0.5, 0.6) is 0 Å². The van der Waals surface area contributed by atoms with E-state index in [4.69, 9.17) is 0 Å². The van der Waals surface area contributed by atoms with Crippen molar-refractivity contribution in [2.24, 2.45) is 0 Å². The Morgan fingerprint density at radius 1 is 1.44 bits per heavy atom. The molecule has 0 bridgehead atoms. The van der Waals surface area contributed by atoms with E-state index < -0.39 is 0 Å². The second kappa shape index (κ2) is 5.52. The van der Waals surface area contributed by atoms with Gasteiger partial charge in [0.25, 0.3) is 0 Å². The van der Waals surface area contributed by atoms with Crippen LogP contribution in [0.25, 0.3) is 5.69 Å². The van der Waals surface area contributed by atoms with E-state index in [1.54, 1.807) is 12.3 Å². The maximum absolute atomic E-state index is 13.4. The third kappa shape index (κ3) is 2.56. The molecule has 0 amide bonds. The maximum atomic E-state index is 13.4. The largest absolute Gasteiger partial charge is 0.355 e. The second-order valence-electron chi connectivity index (χ2n) is 4.10. The lowest BCUT2D eigenvalue weighted by atomic mass is 10.2. The number of anilines is 1. The lowest BCUT2D eigenvalue weighted by Gasteiger charge is -2.12. The number of aromatic nitrogens is 2. The van der Waals surface area contributed by atoms with Crippen LogP contribution < -0.4 is 5.32 Å². The molecule has 1 heterocycles. The topological polar surface area (TPSA) is 29.9 Å². The summed E-state index contributed by atoms with van der Waals surface area (Å²) in [4.78, 5) is 4.27. The third-order valence-electron chi connectivity index (χ3n) is 2.67. The Kier molecular flexibility index (Phi) is 4.01. The van der Waals surface area contributed by atoms with E-state index in [2.05, 4.69) is 33.2 Å². The summed E-state index contributed by atoms with van der Waals surface area (Å²) in [6, 6.07) is 3.28. The normalized spacial score (nSPS) is 10.7. The fraction of sp³-hybridized carbons (Fsp3) is 0.308. The van der Waals surface area contributed by atoms with Crippen molar-refractivity contribution in [3.63, 3.8) is 0 Å². The Bertz CT molecular complexity index is 551. The molecule has 0 fully saturated rings. The van der Waals surface area contributed by atoms with E-state index >= 15 is 0 Å². The predicted octanol–water partition coefficient (Wildman–Crippen LogP) is 3.90. The van der Waals surface area contributed by atoms with Crippen LogP contribution in [0.15, 0.2) is 29.0 Å². The Morgan fingerprint density at radius 2 is 2.22 bits per heavy atom. The quantitative estimate of drug-likeness (QED) is 0.928. The van der Waals surface area contributed by atoms with E-state index in [1.165, 1.54) is 6.07 Å². The van der Waals surface area contributed by atoms with Gasteiger partial charge in [-0.2, -0.15) is 0 Å². The molecule has 1 N–H and O–H groups in total. The minimum Gasteiger partial charge on any atom is -0.355 e. The first-order valence-electron chi connectivity index (χ1n) is 5.86. The van der Waals surface area contributed by atoms with Gasteiger partial charge < -0.3 is 5.32 Å². The van der Waals surface area contributed by atoms with Crippen LogP contribution in [-0.2, 0) is 0 Å². The highest BCUT2D eigenvalue weighted by Crippen LogP contribution is 2.25. The molecule has 3 nitrogen and oxygen atoms in total. The smallest absolute Gasteiger partial charge is 0.207 e. The number of nitrogens with one attached hydrogen (secondary N) is 1. The summed E-state index contributed by atoms with van der Waals surface area (Å²) >= 11 is 3.21. The van der Waals surface area contributed by atoms with E-state index in [1.807, 2.05) is 17.7 Å². The minimum absolute atomic E-state index is 0.251. The first-order valence-corrected chi connectivity index (χ1v) is 6.66. The van der Waals surface area contributed by atoms with Crippen molar-refractivity contribution in [3.05, 3.63) is 40.4 Å². The number of aryl methyl sites for hydroxylation is 1. The fourth-order valence-electron chi connectivity index (χ4n) is 1.76. The Labute approximate surface area is 114 Å². The van der Waals surface area contributed by atoms with E-state index in [0.717, 1.165) is 30.2 Å². The van der Waals surface area contributed by atoms with Crippen molar-refractivity contribution in [3.8, 4) is 5.69 Å². The maximum Gasteiger partial charge on any atom is 0.207 e. The first kappa shape index (κ1) is 13.1. The first-order chi connectivity index (χ1) is 8.63. The predicted molar refractivity (Wildman–Crippen MR) is 74.7 cm³/mol. The average molecular weight is 312 g/mol. The van der Waals surface area contributed by atoms with Gasteiger partial charge in [-0.25, -0.2) is 9.37 Å². The lowest BCUT2D eigenvalue weighted by molar-refractivity contribution is 0.619. The van der Waals surface area contributed by atoms with Crippen molar-refractivity contribution >= 4 is 21.9 Å². The molecule has 2 rings (SSSR count). The van der Waals surface area contributed by atoms with Gasteiger partial charge in [-0.1, -0.05) is 6.92 Å². The van der Waals surface area contributed by atoms with Gasteiger partial charge in [0.05, 0.1) is 10.2 Å². The van der Waals surface area contributed by atoms with Crippen molar-refractivity contribution < 1.29 is 4.39 Å². The molecule has 1 aromatic heterocycles. The molecule has 0 saturated heterocycles. The molecule has 0 saturated carbocycles. The highest BCUT2D eigenvalue weighted by molar-refractivity contribution is 9.10. The zero-order valence-electron chi connectivity index (χ0n) is 10.4. The fourth-order valence-corrected chi connectivity index (χ4v) is 2.09. The molecular formula is C13H15BrFN3. The molecule has 2 aromatic rings. The number of halogens is 2. The van der Waals surface area contributed by atoms with Gasteiger partial charge >= 0.3 is 0 Å². The van der Waals surface area contributed by atoms with Gasteiger partial charge in [0.15, 0.2) is 0 Å². The zero-order valence-corrected chi connectivity index (χ0v) is 12.0. The summed E-state index contributed by atoms with van der Waals surface area (Å²) in [5, 5.41) is 3.25. The minimum atomic E-state index is -0.251. The number of imidazole rings is 1. The van der Waals surface area contributed by atoms with Gasteiger partial charge in [0.1, 0.15) is 5.82 Å². The molecule has 0 radical (unpaired) electrons. The summed E-state index contributed by atoms with van der Waals surface area (Å²) in [5.41, 5.74) is 1.78. The summed E-state index contributed by atoms with van der Waals surface area (Å²) in [6.45, 7) is 4.84. The molecule has 0 unspecified atom stereocenters. The summed E-state index contributed by atoms with van der Waals surface area (Å²) in [7, 11) is 0. The lowest BCUT2D eigenvalue weighted by Crippen LogP contribution is -2.07. The molecule has 0 aliphatic rings. The van der Waals surface area contributed by atoms with Crippen LogP contribution in [0.2, 0.25) is 0 Å². The highest BCUT2D eigenvalue weighted by atomic mass is 79.9. The molecule has 0 aliphatic heterocycles. The molecular weight excluding hydrogens is 297 g/mol. The van der Waals surface area contributed by atoms with Crippen LogP contribution in [-0.4, -0.2) is 16.1 Å². The van der Waals surface area contributed by atoms with Crippen LogP contribution in [0, 0.1) is 12.7 Å². The van der Waals surface area contributed by atoms with E-state index in [-0.39, 0.29) is 5.82 Å². The van der Waals surface area contributed by atoms with Crippen molar-refractivity contribution in [1.82, 2.24) is 9.55 Å². The van der Waals surface area contributed by atoms with Gasteiger partial charge in [-0.05, 0) is 47.0 Å². The summed E-state index contributed by atoms with van der Waals surface area (Å²) in [5.74, 6) is 0.526. The zero-order chi connectivity index (χ0) is 13.1. The SMILES string of the molecule is CCCNc1nccn1-c1cc(Br)c(F)cc1C. The number of hydrogen-bond donors (Lipinski definition) is 1. The standard InChI is InChI=1S/C13H15BrFN3/c1-3-4-16-13-17-5-6-18(13)12-8-10(14)11(15)7-9(12)2/h5-8H,3-4H2,1-2H3,(H,16,17). The third-order valence-corrected chi connectivity index (χ3v) is 3.28. The Hall–Kier alpha value is -1.36. The monoisotopic (exact) mass is 311 g/mol. The van der Waals surface area contributed by atoms with Gasteiger partial charge in [0.2, 0.25) is 5.95 Å². The van der Waals surface area contributed by atoms with Crippen LogP contribution in [0.4, 0.5) is 10.3 Å². The summed E-state index contributed by atoms with van der Waals surface area (Å²) < 4.78 is 15.8. The number of nitrogens with zero attached hydrogens (tertiary/aromatic N) is 2. The molecule has 0 spiro atoms. The van der Waals surface area contributed by atoms with Crippen LogP contribution in [0.1, 0.15) is 18.9 Å². The second-order valence-corrected chi connectivity index (χ2v) is 4.95. The number of benzene rings is 1. The average Bonchev–Trinajstić information content (AvgIpc) is 2.79. The molecule has 96 valence electrons. The highest BCUT2D eigenvalue weighted by Gasteiger charge is 2.10. The van der Waals surface area contributed by atoms with Crippen molar-refractivity contribution in [1.29, 1.82) is 0 Å². The molecule has 18 heavy (non-hydrogen) atoms. The van der Waals surface area contributed by atoms with Gasteiger partial charge in [-0.3, -0.25) is 4.57 Å². The summed E-state index contributed by atoms with van der Waals surface area (Å²) in [6.07, 6.45) is 4.62. The van der Waals surface area contributed by atoms with Crippen LogP contribution in [0.3, 0.4) is 0 Å². The number of rotatable bonds is 4. The van der Waals surface area contributed by atoms with Gasteiger partial charge in [0, 0.05) is 18.9 Å². The van der Waals surface area contributed by atoms with Gasteiger partial charge in [-0.15, -0.1) is 0 Å².